The van der Waals surface area contributed by atoms with Gasteiger partial charge in [-0.3, -0.25) is 19.3 Å². The minimum Gasteiger partial charge on any atom is -0.353 e. The van der Waals surface area contributed by atoms with E-state index in [9.17, 15) is 14.4 Å². The molecule has 2 bridgehead atoms. The maximum atomic E-state index is 13.8. The summed E-state index contributed by atoms with van der Waals surface area (Å²) in [4.78, 5) is 39.1. The second-order valence-corrected chi connectivity index (χ2v) is 11.8. The van der Waals surface area contributed by atoms with Gasteiger partial charge in [0.2, 0.25) is 17.7 Å². The van der Waals surface area contributed by atoms with E-state index in [4.69, 9.17) is 23.2 Å². The molecule has 1 aliphatic heterocycles. The Kier molecular flexibility index (Phi) is 5.32. The first-order valence-electron chi connectivity index (χ1n) is 12.5. The van der Waals surface area contributed by atoms with Gasteiger partial charge in [-0.25, -0.2) is 0 Å². The Morgan fingerprint density at radius 1 is 0.857 bits per heavy atom. The minimum absolute atomic E-state index is 0.0340. The van der Waals surface area contributed by atoms with Crippen LogP contribution in [0.2, 0.25) is 0 Å². The summed E-state index contributed by atoms with van der Waals surface area (Å²) in [6.45, 7) is 2.27. The van der Waals surface area contributed by atoms with Crippen molar-refractivity contribution in [1.29, 1.82) is 0 Å². The van der Waals surface area contributed by atoms with Gasteiger partial charge in [0.1, 0.15) is 9.75 Å². The van der Waals surface area contributed by atoms with E-state index >= 15 is 0 Å². The first kappa shape index (κ1) is 23.1. The molecule has 2 fully saturated rings. The molecule has 7 rings (SSSR count). The number of halogens is 2. The van der Waals surface area contributed by atoms with Crippen LogP contribution in [0.25, 0.3) is 0 Å². The lowest BCUT2D eigenvalue weighted by Crippen LogP contribution is -2.57. The van der Waals surface area contributed by atoms with E-state index in [1.165, 1.54) is 4.90 Å². The fourth-order valence-corrected chi connectivity index (χ4v) is 7.96. The molecule has 5 aliphatic rings. The van der Waals surface area contributed by atoms with Gasteiger partial charge < -0.3 is 5.32 Å². The van der Waals surface area contributed by atoms with Crippen LogP contribution in [-0.2, 0) is 24.1 Å². The summed E-state index contributed by atoms with van der Waals surface area (Å²) >= 11 is 14.8. The first-order chi connectivity index (χ1) is 16.8. The van der Waals surface area contributed by atoms with Crippen molar-refractivity contribution in [3.8, 4) is 0 Å². The van der Waals surface area contributed by atoms with E-state index in [-0.39, 0.29) is 36.7 Å². The van der Waals surface area contributed by atoms with Gasteiger partial charge in [0, 0.05) is 19.0 Å². The fourth-order valence-electron chi connectivity index (χ4n) is 6.86. The van der Waals surface area contributed by atoms with Crippen molar-refractivity contribution in [3.63, 3.8) is 0 Å². The third-order valence-corrected chi connectivity index (χ3v) is 9.90. The molecule has 7 heteroatoms. The van der Waals surface area contributed by atoms with Crippen molar-refractivity contribution in [2.75, 3.05) is 6.54 Å². The largest absolute Gasteiger partial charge is 0.353 e. The van der Waals surface area contributed by atoms with Crippen LogP contribution < -0.4 is 5.32 Å². The van der Waals surface area contributed by atoms with Crippen LogP contribution in [0.1, 0.15) is 61.3 Å². The molecule has 2 aromatic carbocycles. The lowest BCUT2D eigenvalue weighted by atomic mass is 9.54. The molecule has 4 aliphatic carbocycles. The zero-order valence-corrected chi connectivity index (χ0v) is 21.1. The van der Waals surface area contributed by atoms with Gasteiger partial charge >= 0.3 is 0 Å². The summed E-state index contributed by atoms with van der Waals surface area (Å²) in [6, 6.07) is 15.3. The van der Waals surface area contributed by atoms with Crippen LogP contribution in [0.4, 0.5) is 0 Å². The number of nitrogens with zero attached hydrogens (tertiary/aromatic N) is 1. The molecule has 2 aromatic rings. The highest BCUT2D eigenvalue weighted by atomic mass is 35.5. The van der Waals surface area contributed by atoms with Crippen LogP contribution in [0, 0.1) is 17.8 Å². The van der Waals surface area contributed by atoms with E-state index in [1.54, 1.807) is 0 Å². The number of hydrogen-bond donors (Lipinski definition) is 1. The highest BCUT2D eigenvalue weighted by Gasteiger charge is 2.72. The predicted octanol–water partition coefficient (Wildman–Crippen LogP) is 4.66. The standard InChI is InChI=1S/C28H28Cl2N2O3/c1-16-10-12-17(13-11-16)31-22(33)14-15-32-25(34)23-24(26(32)35)28(30)19-7-3-2-6-18(19)27(23,29)20-8-4-5-9-21(20)28/h2-9,16-17,23-24H,10-15H2,1H3,(H,31,33)/t16?,17?,23-,24-,27?,28?/m1/s1. The topological polar surface area (TPSA) is 66.5 Å². The Balaban J connectivity index is 1.30. The van der Waals surface area contributed by atoms with Gasteiger partial charge in [0.15, 0.2) is 0 Å². The maximum Gasteiger partial charge on any atom is 0.235 e. The summed E-state index contributed by atoms with van der Waals surface area (Å²) in [6.07, 6.45) is 4.23. The lowest BCUT2D eigenvalue weighted by molar-refractivity contribution is -0.140. The van der Waals surface area contributed by atoms with Crippen molar-refractivity contribution < 1.29 is 14.4 Å². The molecule has 1 saturated heterocycles. The molecule has 0 spiro atoms. The van der Waals surface area contributed by atoms with Crippen molar-refractivity contribution in [2.45, 2.75) is 54.8 Å². The Morgan fingerprint density at radius 2 is 1.29 bits per heavy atom. The van der Waals surface area contributed by atoms with Crippen LogP contribution in [-0.4, -0.2) is 35.2 Å². The minimum atomic E-state index is -1.18. The van der Waals surface area contributed by atoms with Crippen LogP contribution in [0.5, 0.6) is 0 Å². The zero-order chi connectivity index (χ0) is 24.5. The Bertz CT molecular complexity index is 1110. The van der Waals surface area contributed by atoms with Gasteiger partial charge in [0.05, 0.1) is 11.8 Å². The molecule has 1 saturated carbocycles. The fraction of sp³-hybridized carbons (Fsp3) is 0.464. The molecular formula is C28H28Cl2N2O3. The van der Waals surface area contributed by atoms with Crippen LogP contribution >= 0.6 is 23.2 Å². The first-order valence-corrected chi connectivity index (χ1v) is 13.3. The monoisotopic (exact) mass is 510 g/mol. The number of alkyl halides is 2. The molecule has 0 radical (unpaired) electrons. The molecule has 1 heterocycles. The molecule has 3 amide bonds. The molecule has 2 atom stereocenters. The second kappa shape index (κ2) is 8.07. The van der Waals surface area contributed by atoms with Gasteiger partial charge in [-0.2, -0.15) is 0 Å². The molecule has 1 N–H and O–H groups in total. The molecule has 35 heavy (non-hydrogen) atoms. The van der Waals surface area contributed by atoms with E-state index in [2.05, 4.69) is 12.2 Å². The smallest absolute Gasteiger partial charge is 0.235 e. The third kappa shape index (κ3) is 3.10. The van der Waals surface area contributed by atoms with Gasteiger partial charge in [-0.1, -0.05) is 55.5 Å². The SMILES string of the molecule is CC1CCC(NC(=O)CCN2C(=O)[C@H]3[C@H](C2=O)C2(Cl)c4ccccc4C3(Cl)c3ccccc32)CC1. The van der Waals surface area contributed by atoms with E-state index in [0.29, 0.717) is 5.92 Å². The Labute approximate surface area is 215 Å². The normalized spacial score (nSPS) is 34.9. The summed E-state index contributed by atoms with van der Waals surface area (Å²) < 4.78 is 0. The number of amides is 3. The van der Waals surface area contributed by atoms with E-state index in [1.807, 2.05) is 48.5 Å². The highest BCUT2D eigenvalue weighted by Crippen LogP contribution is 2.69. The maximum absolute atomic E-state index is 13.8. The predicted molar refractivity (Wildman–Crippen MR) is 134 cm³/mol. The number of nitrogens with one attached hydrogen (secondary N) is 1. The zero-order valence-electron chi connectivity index (χ0n) is 19.6. The number of rotatable bonds is 4. The van der Waals surface area contributed by atoms with Crippen molar-refractivity contribution in [2.24, 2.45) is 17.8 Å². The average Bonchev–Trinajstić information content (AvgIpc) is 3.13. The Hall–Kier alpha value is -2.37. The number of hydrogen-bond acceptors (Lipinski definition) is 3. The van der Waals surface area contributed by atoms with Crippen LogP contribution in [0.15, 0.2) is 48.5 Å². The summed E-state index contributed by atoms with van der Waals surface area (Å²) in [5.74, 6) is -1.76. The van der Waals surface area contributed by atoms with Crippen molar-refractivity contribution >= 4 is 40.9 Å². The number of carbonyl (C=O) groups is 3. The van der Waals surface area contributed by atoms with E-state index in [0.717, 1.165) is 47.9 Å². The number of likely N-dealkylation sites (tertiary alicyclic amines) is 1. The molecule has 0 aromatic heterocycles. The quantitative estimate of drug-likeness (QED) is 0.480. The van der Waals surface area contributed by atoms with Gasteiger partial charge in [-0.05, 0) is 53.9 Å². The Morgan fingerprint density at radius 3 is 1.71 bits per heavy atom. The van der Waals surface area contributed by atoms with Gasteiger partial charge in [-0.15, -0.1) is 23.2 Å². The second-order valence-electron chi connectivity index (χ2n) is 10.6. The molecular weight excluding hydrogens is 483 g/mol. The molecule has 182 valence electrons. The average molecular weight is 511 g/mol. The molecule has 5 nitrogen and oxygen atoms in total. The van der Waals surface area contributed by atoms with Crippen LogP contribution in [0.3, 0.4) is 0 Å². The van der Waals surface area contributed by atoms with Gasteiger partial charge in [0.25, 0.3) is 0 Å². The summed E-state index contributed by atoms with van der Waals surface area (Å²) in [7, 11) is 0. The number of benzene rings is 2. The van der Waals surface area contributed by atoms with Crippen molar-refractivity contribution in [3.05, 3.63) is 70.8 Å². The highest BCUT2D eigenvalue weighted by molar-refractivity contribution is 6.36. The summed E-state index contributed by atoms with van der Waals surface area (Å²) in [5, 5.41) is 3.09. The summed E-state index contributed by atoms with van der Waals surface area (Å²) in [5.41, 5.74) is 3.13. The third-order valence-electron chi connectivity index (χ3n) is 8.62. The number of carbonyl (C=O) groups excluding carboxylic acids is 3. The molecule has 0 unspecified atom stereocenters. The lowest BCUT2D eigenvalue weighted by Gasteiger charge is -2.54. The van der Waals surface area contributed by atoms with Crippen molar-refractivity contribution in [1.82, 2.24) is 10.2 Å². The number of imide groups is 1. The van der Waals surface area contributed by atoms with E-state index < -0.39 is 21.6 Å².